The van der Waals surface area contributed by atoms with Crippen LogP contribution in [0.15, 0.2) is 54.6 Å². The molecular weight excluding hydrogens is 406 g/mol. The van der Waals surface area contributed by atoms with Crippen molar-refractivity contribution in [3.8, 4) is 5.75 Å². The molecule has 2 aromatic rings. The van der Waals surface area contributed by atoms with E-state index in [2.05, 4.69) is 0 Å². The minimum absolute atomic E-state index is 0.000319. The van der Waals surface area contributed by atoms with Gasteiger partial charge in [-0.2, -0.15) is 5.06 Å². The number of carbonyl (C=O) groups excluding carboxylic acids is 2. The Morgan fingerprint density at radius 3 is 2.56 bits per heavy atom. The zero-order valence-electron chi connectivity index (χ0n) is 18.6. The number of carbonyl (C=O) groups is 2. The number of Topliss-reactive ketones (excluding diaryl/α,β-unsaturated/α-hetero) is 1. The number of nitrogens with zero attached hydrogens (tertiary/aromatic N) is 1. The molecule has 2 aliphatic rings. The number of esters is 1. The average molecular weight is 438 g/mol. The molecule has 0 radical (unpaired) electrons. The summed E-state index contributed by atoms with van der Waals surface area (Å²) in [4.78, 5) is 24.8. The minimum atomic E-state index is -0.608. The van der Waals surface area contributed by atoms with Gasteiger partial charge in [-0.15, -0.1) is 0 Å². The molecular formula is C26H31NO5. The van der Waals surface area contributed by atoms with Crippen molar-refractivity contribution in [2.45, 2.75) is 57.2 Å². The van der Waals surface area contributed by atoms with Crippen LogP contribution in [0.2, 0.25) is 0 Å². The maximum absolute atomic E-state index is 13.3. The molecule has 5 unspecified atom stereocenters. The van der Waals surface area contributed by atoms with Crippen LogP contribution in [0, 0.1) is 11.8 Å². The summed E-state index contributed by atoms with van der Waals surface area (Å²) in [5.74, 6) is 0.796. The van der Waals surface area contributed by atoms with Crippen LogP contribution >= 0.6 is 0 Å². The molecule has 6 nitrogen and oxygen atoms in total. The van der Waals surface area contributed by atoms with E-state index >= 15 is 0 Å². The number of hydroxylamine groups is 2. The van der Waals surface area contributed by atoms with E-state index in [1.54, 1.807) is 7.11 Å². The van der Waals surface area contributed by atoms with E-state index < -0.39 is 6.04 Å². The molecule has 1 N–H and O–H groups in total. The fourth-order valence-electron chi connectivity index (χ4n) is 5.48. The first-order valence-electron chi connectivity index (χ1n) is 11.3. The molecule has 0 aromatic heterocycles. The van der Waals surface area contributed by atoms with Gasteiger partial charge in [-0.25, -0.2) is 0 Å². The first kappa shape index (κ1) is 22.5. The molecule has 0 spiro atoms. The molecule has 1 aliphatic heterocycles. The SMILES string of the molecule is COc1cccc(C2C3CCC(OC(C)=O)CC3CC(C(=O)Cc3ccccc3)N2O)c1. The van der Waals surface area contributed by atoms with E-state index in [0.29, 0.717) is 12.8 Å². The van der Waals surface area contributed by atoms with Gasteiger partial charge < -0.3 is 14.7 Å². The van der Waals surface area contributed by atoms with Gasteiger partial charge in [0, 0.05) is 13.3 Å². The van der Waals surface area contributed by atoms with E-state index in [0.717, 1.165) is 29.7 Å². The molecule has 1 saturated heterocycles. The van der Waals surface area contributed by atoms with E-state index in [4.69, 9.17) is 9.47 Å². The summed E-state index contributed by atoms with van der Waals surface area (Å²) in [5, 5.41) is 12.6. The van der Waals surface area contributed by atoms with E-state index in [9.17, 15) is 14.8 Å². The Morgan fingerprint density at radius 2 is 1.84 bits per heavy atom. The molecule has 2 fully saturated rings. The first-order valence-corrected chi connectivity index (χ1v) is 11.3. The van der Waals surface area contributed by atoms with Gasteiger partial charge in [0.05, 0.1) is 19.2 Å². The van der Waals surface area contributed by atoms with Gasteiger partial charge >= 0.3 is 5.97 Å². The van der Waals surface area contributed by atoms with Crippen molar-refractivity contribution in [2.24, 2.45) is 11.8 Å². The molecule has 5 atom stereocenters. The Balaban J connectivity index is 1.62. The number of ketones is 1. The van der Waals surface area contributed by atoms with Crippen LogP contribution in [-0.2, 0) is 20.7 Å². The number of benzene rings is 2. The third-order valence-electron chi connectivity index (χ3n) is 6.89. The lowest BCUT2D eigenvalue weighted by Crippen LogP contribution is -2.53. The van der Waals surface area contributed by atoms with Crippen molar-refractivity contribution in [3.63, 3.8) is 0 Å². The second-order valence-corrected chi connectivity index (χ2v) is 8.95. The molecule has 0 amide bonds. The van der Waals surface area contributed by atoms with Gasteiger partial charge in [-0.3, -0.25) is 9.59 Å². The molecule has 170 valence electrons. The monoisotopic (exact) mass is 437 g/mol. The lowest BCUT2D eigenvalue weighted by atomic mass is 9.66. The van der Waals surface area contributed by atoms with E-state index in [-0.39, 0.29) is 42.2 Å². The van der Waals surface area contributed by atoms with Crippen molar-refractivity contribution in [2.75, 3.05) is 7.11 Å². The number of hydrogen-bond acceptors (Lipinski definition) is 6. The highest BCUT2D eigenvalue weighted by molar-refractivity contribution is 5.86. The summed E-state index contributed by atoms with van der Waals surface area (Å²) in [6.07, 6.45) is 3.00. The summed E-state index contributed by atoms with van der Waals surface area (Å²) in [6, 6.07) is 16.4. The Morgan fingerprint density at radius 1 is 1.06 bits per heavy atom. The Kier molecular flexibility index (Phi) is 6.92. The summed E-state index contributed by atoms with van der Waals surface area (Å²) >= 11 is 0. The maximum atomic E-state index is 13.3. The lowest BCUT2D eigenvalue weighted by Gasteiger charge is -2.49. The highest BCUT2D eigenvalue weighted by Crippen LogP contribution is 2.49. The molecule has 4 rings (SSSR count). The number of ether oxygens (including phenoxy) is 2. The highest BCUT2D eigenvalue weighted by atomic mass is 16.5. The normalized spacial score (nSPS) is 27.9. The Bertz CT molecular complexity index is 946. The fourth-order valence-corrected chi connectivity index (χ4v) is 5.48. The van der Waals surface area contributed by atoms with Gasteiger partial charge in [-0.05, 0) is 60.8 Å². The smallest absolute Gasteiger partial charge is 0.302 e. The Labute approximate surface area is 189 Å². The molecule has 2 aromatic carbocycles. The first-order chi connectivity index (χ1) is 15.5. The number of hydrogen-bond donors (Lipinski definition) is 1. The number of piperidine rings is 1. The van der Waals surface area contributed by atoms with Gasteiger partial charge in [0.15, 0.2) is 5.78 Å². The van der Waals surface area contributed by atoms with Crippen molar-refractivity contribution in [1.82, 2.24) is 5.06 Å². The van der Waals surface area contributed by atoms with E-state index in [1.165, 1.54) is 12.0 Å². The van der Waals surface area contributed by atoms with Crippen LogP contribution < -0.4 is 4.74 Å². The molecule has 1 saturated carbocycles. The van der Waals surface area contributed by atoms with Crippen molar-refractivity contribution >= 4 is 11.8 Å². The molecule has 1 heterocycles. The van der Waals surface area contributed by atoms with Gasteiger partial charge in [0.1, 0.15) is 11.9 Å². The van der Waals surface area contributed by atoms with Crippen LogP contribution in [-0.4, -0.2) is 41.3 Å². The second-order valence-electron chi connectivity index (χ2n) is 8.95. The zero-order chi connectivity index (χ0) is 22.7. The molecule has 32 heavy (non-hydrogen) atoms. The predicted octanol–water partition coefficient (Wildman–Crippen LogP) is 4.36. The summed E-state index contributed by atoms with van der Waals surface area (Å²) < 4.78 is 10.9. The highest BCUT2D eigenvalue weighted by Gasteiger charge is 2.48. The zero-order valence-corrected chi connectivity index (χ0v) is 18.6. The fraction of sp³-hybridized carbons (Fsp3) is 0.462. The van der Waals surface area contributed by atoms with Crippen molar-refractivity contribution < 1.29 is 24.3 Å². The summed E-state index contributed by atoms with van der Waals surface area (Å²) in [7, 11) is 1.62. The quantitative estimate of drug-likeness (QED) is 0.677. The molecule has 1 aliphatic carbocycles. The lowest BCUT2D eigenvalue weighted by molar-refractivity contribution is -0.216. The largest absolute Gasteiger partial charge is 0.497 e. The van der Waals surface area contributed by atoms with Gasteiger partial charge in [0.25, 0.3) is 0 Å². The third-order valence-corrected chi connectivity index (χ3v) is 6.89. The third kappa shape index (κ3) is 4.87. The van der Waals surface area contributed by atoms with Gasteiger partial charge in [0.2, 0.25) is 0 Å². The average Bonchev–Trinajstić information content (AvgIpc) is 2.79. The van der Waals surface area contributed by atoms with Crippen LogP contribution in [0.5, 0.6) is 5.75 Å². The summed E-state index contributed by atoms with van der Waals surface area (Å²) in [6.45, 7) is 1.44. The van der Waals surface area contributed by atoms with Gasteiger partial charge in [-0.1, -0.05) is 42.5 Å². The topological polar surface area (TPSA) is 76.1 Å². The van der Waals surface area contributed by atoms with Crippen molar-refractivity contribution in [3.05, 3.63) is 65.7 Å². The van der Waals surface area contributed by atoms with E-state index in [1.807, 2.05) is 54.6 Å². The number of rotatable bonds is 6. The van der Waals surface area contributed by atoms with Crippen LogP contribution in [0.4, 0.5) is 0 Å². The number of fused-ring (bicyclic) bond motifs is 1. The van der Waals surface area contributed by atoms with Crippen LogP contribution in [0.25, 0.3) is 0 Å². The summed E-state index contributed by atoms with van der Waals surface area (Å²) in [5.41, 5.74) is 1.87. The van der Waals surface area contributed by atoms with Crippen LogP contribution in [0.1, 0.15) is 49.8 Å². The standard InChI is InChI=1S/C26H31NO5/c1-17(28)32-22-11-12-23-20(15-22)16-24(25(29)13-18-7-4-3-5-8-18)27(30)26(23)19-9-6-10-21(14-19)31-2/h3-10,14,20,22-24,26,30H,11-13,15-16H2,1-2H3. The number of methoxy groups -OCH3 is 1. The predicted molar refractivity (Wildman–Crippen MR) is 119 cm³/mol. The minimum Gasteiger partial charge on any atom is -0.497 e. The van der Waals surface area contributed by atoms with Crippen LogP contribution in [0.3, 0.4) is 0 Å². The Hall–Kier alpha value is -2.70. The second kappa shape index (κ2) is 9.84. The maximum Gasteiger partial charge on any atom is 0.302 e. The van der Waals surface area contributed by atoms with Crippen molar-refractivity contribution in [1.29, 1.82) is 0 Å². The molecule has 0 bridgehead atoms. The molecule has 6 heteroatoms.